The predicted octanol–water partition coefficient (Wildman–Crippen LogP) is 10.8. The lowest BCUT2D eigenvalue weighted by Crippen LogP contribution is -2.57. The van der Waals surface area contributed by atoms with E-state index in [0.717, 1.165) is 82.6 Å². The lowest BCUT2D eigenvalue weighted by molar-refractivity contribution is -0.143. The van der Waals surface area contributed by atoms with Gasteiger partial charge in [-0.25, -0.2) is 4.98 Å². The highest BCUT2D eigenvalue weighted by atomic mass is 19.4. The lowest BCUT2D eigenvalue weighted by atomic mass is 9.43. The maximum Gasteiger partial charge on any atom is 0.416 e. The minimum absolute atomic E-state index is 0.0643. The van der Waals surface area contributed by atoms with Gasteiger partial charge in [0.25, 0.3) is 0 Å². The lowest BCUT2D eigenvalue weighted by Gasteiger charge is -2.60. The summed E-state index contributed by atoms with van der Waals surface area (Å²) in [4.78, 5) is 23.7. The number of nitrogens with zero attached hydrogens (tertiary/aromatic N) is 2. The van der Waals surface area contributed by atoms with Crippen LogP contribution >= 0.6 is 0 Å². The van der Waals surface area contributed by atoms with Gasteiger partial charge >= 0.3 is 12.4 Å². The van der Waals surface area contributed by atoms with Crippen LogP contribution in [0.3, 0.4) is 0 Å². The topological polar surface area (TPSA) is 42.9 Å². The molecule has 0 bridgehead atoms. The van der Waals surface area contributed by atoms with E-state index in [9.17, 15) is 31.1 Å². The van der Waals surface area contributed by atoms with Gasteiger partial charge < -0.3 is 0 Å². The van der Waals surface area contributed by atoms with E-state index in [1.807, 2.05) is 16.7 Å². The van der Waals surface area contributed by atoms with Crippen molar-refractivity contribution in [2.24, 2.45) is 130 Å². The fourth-order valence-corrected chi connectivity index (χ4v) is 23.1. The number of halogens is 6. The van der Waals surface area contributed by atoms with E-state index in [2.05, 4.69) is 24.3 Å². The normalized spacial score (nSPS) is 50.5. The van der Waals surface area contributed by atoms with Gasteiger partial charge in [0, 0.05) is 36.2 Å². The smallest absolute Gasteiger partial charge is 0.287 e. The molecule has 0 N–H and O–H groups in total. The summed E-state index contributed by atoms with van der Waals surface area (Å²) in [6.07, 6.45) is 8.47. The summed E-state index contributed by atoms with van der Waals surface area (Å²) < 4.78 is 83.5. The SMILES string of the molecule is O=C(c1cc(C(F)(F)F)cc(C(F)(F)F)c1)c1cnc2c(n1)CC1=C(C2)C2=C3CCC4C5CCC6C7C=CC8C9C=CC%10=C1C1C%11=C%10C9C9=C%10C%11C%11C(C21)C3C4C1C5C6C(C%10C%111)C7C98. The van der Waals surface area contributed by atoms with Gasteiger partial charge in [0.05, 0.1) is 28.7 Å². The summed E-state index contributed by atoms with van der Waals surface area (Å²) in [6.45, 7) is 0. The summed E-state index contributed by atoms with van der Waals surface area (Å²) in [6, 6.07) is 1.09. The van der Waals surface area contributed by atoms with Crippen molar-refractivity contribution in [3.63, 3.8) is 0 Å². The molecule has 1 aromatic carbocycles. The van der Waals surface area contributed by atoms with Gasteiger partial charge in [0.1, 0.15) is 5.69 Å². The van der Waals surface area contributed by atoms with Crippen molar-refractivity contribution in [2.45, 2.75) is 50.9 Å². The Hall–Kier alpha value is -4.27. The van der Waals surface area contributed by atoms with Gasteiger partial charge in [-0.1, -0.05) is 46.6 Å². The summed E-state index contributed by atoms with van der Waals surface area (Å²) in [5, 5.41) is 0. The number of carbonyl (C=O) groups is 1. The summed E-state index contributed by atoms with van der Waals surface area (Å²) in [5.74, 6) is 15.2. The number of aromatic nitrogens is 2. The van der Waals surface area contributed by atoms with E-state index < -0.39 is 34.8 Å². The molecule has 17 aliphatic carbocycles. The van der Waals surface area contributed by atoms with Gasteiger partial charge in [-0.05, 0) is 190 Å². The molecular formula is C55H42F6N2O. The van der Waals surface area contributed by atoms with Crippen LogP contribution in [0.4, 0.5) is 26.3 Å². The Morgan fingerprint density at radius 2 is 1.28 bits per heavy atom. The molecule has 0 aliphatic heterocycles. The van der Waals surface area contributed by atoms with E-state index in [1.165, 1.54) is 54.2 Å². The van der Waals surface area contributed by atoms with Crippen molar-refractivity contribution in [1.29, 1.82) is 0 Å². The number of alkyl halides is 6. The quantitative estimate of drug-likeness (QED) is 0.172. The zero-order chi connectivity index (χ0) is 41.8. The molecule has 3 nitrogen and oxygen atoms in total. The number of hydrogen-bond acceptors (Lipinski definition) is 3. The molecule has 19 rings (SSSR count). The number of rotatable bonds is 2. The van der Waals surface area contributed by atoms with Crippen molar-refractivity contribution in [2.75, 3.05) is 0 Å². The Kier molecular flexibility index (Phi) is 5.27. The first kappa shape index (κ1) is 34.1. The van der Waals surface area contributed by atoms with Gasteiger partial charge in [-0.2, -0.15) is 26.3 Å². The molecule has 0 radical (unpaired) electrons. The molecule has 22 unspecified atom stereocenters. The van der Waals surface area contributed by atoms with Crippen LogP contribution in [0, 0.1) is 130 Å². The average molecular weight is 861 g/mol. The van der Waals surface area contributed by atoms with Crippen molar-refractivity contribution in [3.05, 3.63) is 138 Å². The molecule has 0 amide bonds. The second kappa shape index (κ2) is 9.88. The first-order valence-corrected chi connectivity index (χ1v) is 24.7. The van der Waals surface area contributed by atoms with Gasteiger partial charge in [0.2, 0.25) is 5.78 Å². The second-order valence-electron chi connectivity index (χ2n) is 23.9. The number of allylic oxidation sites excluding steroid dienone is 14. The van der Waals surface area contributed by atoms with E-state index in [-0.39, 0.29) is 11.8 Å². The molecule has 320 valence electrons. The highest BCUT2D eigenvalue weighted by molar-refractivity contribution is 6.07. The van der Waals surface area contributed by atoms with Crippen molar-refractivity contribution < 1.29 is 31.1 Å². The van der Waals surface area contributed by atoms with E-state index in [0.29, 0.717) is 83.9 Å². The Bertz CT molecular complexity index is 3050. The summed E-state index contributed by atoms with van der Waals surface area (Å²) >= 11 is 0. The predicted molar refractivity (Wildman–Crippen MR) is 218 cm³/mol. The maximum absolute atomic E-state index is 14.0. The largest absolute Gasteiger partial charge is 0.416 e. The molecule has 9 fully saturated rings. The van der Waals surface area contributed by atoms with E-state index >= 15 is 0 Å². The fraction of sp³-hybridized carbons (Fsp3) is 0.545. The summed E-state index contributed by atoms with van der Waals surface area (Å²) in [5.41, 5.74) is 14.3. The maximum atomic E-state index is 14.0. The molecule has 1 aromatic heterocycles. The van der Waals surface area contributed by atoms with E-state index in [1.54, 1.807) is 16.7 Å². The number of hydrogen-bond donors (Lipinski definition) is 0. The minimum atomic E-state index is -5.06. The van der Waals surface area contributed by atoms with Crippen molar-refractivity contribution in [1.82, 2.24) is 9.97 Å². The Labute approximate surface area is 365 Å². The third-order valence-corrected chi connectivity index (χ3v) is 23.3. The van der Waals surface area contributed by atoms with Crippen LogP contribution in [0.1, 0.15) is 64.2 Å². The molecule has 0 saturated heterocycles. The highest BCUT2D eigenvalue weighted by Gasteiger charge is 2.83. The number of benzene rings is 1. The Morgan fingerprint density at radius 3 is 2.11 bits per heavy atom. The Balaban J connectivity index is 0.836. The standard InChI is InChI=1S/C55H42F6N2O/c56-54(57,58)16-9-15(10-17(11-16)55(59,60)61)53(64)30-14-62-28-12-26-27(13-29(28)63-30)32-25-8-6-23-21-4-2-19-18-1-3-20-22-5-7-24-31(26)41-42(32)47-40(25)38(23)45-36(21)34(19)43-33(18)35(20)44-37(22)39(24)46(41)51-49(44)48(43)50(45)52(47)51/h2,4,6,8-11,14,18-23,33-39,41-44,46,48-49,51-52H,1,3,5,7,12-13H2. The molecule has 22 atom stereocenters. The highest BCUT2D eigenvalue weighted by Crippen LogP contribution is 2.89. The van der Waals surface area contributed by atoms with Gasteiger partial charge in [0.15, 0.2) is 0 Å². The van der Waals surface area contributed by atoms with Crippen LogP contribution in [0.15, 0.2) is 104 Å². The minimum Gasteiger partial charge on any atom is -0.287 e. The molecule has 17 aliphatic rings. The first-order chi connectivity index (χ1) is 31.0. The summed E-state index contributed by atoms with van der Waals surface area (Å²) in [7, 11) is 0. The molecule has 9 saturated carbocycles. The molecule has 1 heterocycles. The van der Waals surface area contributed by atoms with Crippen LogP contribution < -0.4 is 0 Å². The third kappa shape index (κ3) is 3.21. The Morgan fingerprint density at radius 1 is 0.562 bits per heavy atom. The molecule has 9 heteroatoms. The van der Waals surface area contributed by atoms with Gasteiger partial charge in [-0.15, -0.1) is 0 Å². The first-order valence-electron chi connectivity index (χ1n) is 24.7. The van der Waals surface area contributed by atoms with Crippen LogP contribution in [-0.4, -0.2) is 15.8 Å². The molecular weight excluding hydrogens is 819 g/mol. The van der Waals surface area contributed by atoms with Gasteiger partial charge in [-0.3, -0.25) is 9.78 Å². The fourth-order valence-electron chi connectivity index (χ4n) is 23.1. The zero-order valence-electron chi connectivity index (χ0n) is 34.6. The van der Waals surface area contributed by atoms with Crippen LogP contribution in [-0.2, 0) is 25.2 Å². The van der Waals surface area contributed by atoms with Crippen LogP contribution in [0.2, 0.25) is 0 Å². The van der Waals surface area contributed by atoms with Crippen molar-refractivity contribution in [3.8, 4) is 0 Å². The molecule has 64 heavy (non-hydrogen) atoms. The second-order valence-corrected chi connectivity index (χ2v) is 23.9. The monoisotopic (exact) mass is 860 g/mol. The zero-order valence-corrected chi connectivity index (χ0v) is 34.6. The van der Waals surface area contributed by atoms with E-state index in [4.69, 9.17) is 9.97 Å². The molecule has 2 aromatic rings. The third-order valence-electron chi connectivity index (χ3n) is 23.3. The van der Waals surface area contributed by atoms with Crippen LogP contribution in [0.5, 0.6) is 0 Å². The molecule has 0 spiro atoms. The van der Waals surface area contributed by atoms with Crippen LogP contribution in [0.25, 0.3) is 0 Å². The average Bonchev–Trinajstić information content (AvgIpc) is 4.12. The van der Waals surface area contributed by atoms with Crippen molar-refractivity contribution >= 4 is 5.78 Å². The number of fused-ring (bicyclic) bond motifs is 6. The number of ketones is 1. The number of carbonyl (C=O) groups excluding carboxylic acids is 1.